The number of nitrogens with zero attached hydrogens (tertiary/aromatic N) is 1. The summed E-state index contributed by atoms with van der Waals surface area (Å²) in [6, 6.07) is 14.1. The lowest BCUT2D eigenvalue weighted by Crippen LogP contribution is -2.36. The number of rotatable bonds is 7. The molecule has 0 aliphatic heterocycles. The molecule has 0 radical (unpaired) electrons. The van der Waals surface area contributed by atoms with Gasteiger partial charge in [0.15, 0.2) is 17.5 Å². The molecule has 0 aliphatic carbocycles. The second-order valence-electron chi connectivity index (χ2n) is 5.36. The highest BCUT2D eigenvalue weighted by atomic mass is 127. The van der Waals surface area contributed by atoms with Crippen LogP contribution in [0.15, 0.2) is 51.9 Å². The second-order valence-corrected chi connectivity index (χ2v) is 6.28. The molecule has 0 aliphatic rings. The van der Waals surface area contributed by atoms with Gasteiger partial charge < -0.3 is 20.1 Å². The fourth-order valence-electron chi connectivity index (χ4n) is 2.28. The van der Waals surface area contributed by atoms with Crippen LogP contribution >= 0.6 is 39.9 Å². The van der Waals surface area contributed by atoms with E-state index >= 15 is 0 Å². The molecule has 0 amide bonds. The number of guanidine groups is 1. The number of nitrogens with one attached hydrogen (secondary N) is 2. The van der Waals surface area contributed by atoms with Crippen molar-refractivity contribution >= 4 is 45.9 Å². The molecule has 0 fully saturated rings. The molecule has 0 bridgehead atoms. The number of hydrogen-bond donors (Lipinski definition) is 2. The minimum Gasteiger partial charge on any atom is -0.493 e. The Morgan fingerprint density at radius 3 is 2.23 bits per heavy atom. The van der Waals surface area contributed by atoms with Crippen molar-refractivity contribution in [3.63, 3.8) is 0 Å². The van der Waals surface area contributed by atoms with Gasteiger partial charge in [0.1, 0.15) is 0 Å². The maximum atomic E-state index is 5.34. The standard InChI is InChI=1S/C19H24BrN3O2.HI/c1-4-21-19(22-12-14-5-8-16(20)9-6-14)23-13-15-7-10-17(24-2)18(11-15)25-3;/h5-11H,4,12-13H2,1-3H3,(H2,21,22,23);1H. The van der Waals surface area contributed by atoms with Gasteiger partial charge in [-0.25, -0.2) is 4.99 Å². The van der Waals surface area contributed by atoms with Crippen molar-refractivity contribution in [1.29, 1.82) is 0 Å². The number of methoxy groups -OCH3 is 2. The van der Waals surface area contributed by atoms with Gasteiger partial charge in [0.25, 0.3) is 0 Å². The van der Waals surface area contributed by atoms with Gasteiger partial charge in [-0.05, 0) is 42.3 Å². The first kappa shape index (κ1) is 22.6. The number of hydrogen-bond acceptors (Lipinski definition) is 3. The van der Waals surface area contributed by atoms with Crippen LogP contribution in [0.1, 0.15) is 18.1 Å². The highest BCUT2D eigenvalue weighted by molar-refractivity contribution is 14.0. The number of halogens is 2. The van der Waals surface area contributed by atoms with Crippen molar-refractivity contribution in [2.45, 2.75) is 20.0 Å². The average molecular weight is 534 g/mol. The van der Waals surface area contributed by atoms with Crippen LogP contribution in [-0.4, -0.2) is 26.7 Å². The van der Waals surface area contributed by atoms with Gasteiger partial charge in [-0.15, -0.1) is 24.0 Å². The molecule has 0 atom stereocenters. The molecule has 0 unspecified atom stereocenters. The summed E-state index contributed by atoms with van der Waals surface area (Å²) in [5, 5.41) is 6.60. The Morgan fingerprint density at radius 1 is 0.962 bits per heavy atom. The summed E-state index contributed by atoms with van der Waals surface area (Å²) in [4.78, 5) is 4.64. The lowest BCUT2D eigenvalue weighted by molar-refractivity contribution is 0.354. The molecule has 7 heteroatoms. The Kier molecular flexibility index (Phi) is 10.4. The molecule has 26 heavy (non-hydrogen) atoms. The SMILES string of the molecule is CCNC(=NCc1ccc(OC)c(OC)c1)NCc1ccc(Br)cc1.I. The summed E-state index contributed by atoms with van der Waals surface area (Å²) in [5.74, 6) is 2.21. The van der Waals surface area contributed by atoms with E-state index in [0.29, 0.717) is 18.8 Å². The monoisotopic (exact) mass is 533 g/mol. The highest BCUT2D eigenvalue weighted by Crippen LogP contribution is 2.27. The molecule has 0 saturated heterocycles. The smallest absolute Gasteiger partial charge is 0.191 e. The van der Waals surface area contributed by atoms with Gasteiger partial charge in [0, 0.05) is 17.6 Å². The van der Waals surface area contributed by atoms with Gasteiger partial charge in [-0.3, -0.25) is 0 Å². The summed E-state index contributed by atoms with van der Waals surface area (Å²) in [7, 11) is 3.26. The average Bonchev–Trinajstić information content (AvgIpc) is 2.65. The van der Waals surface area contributed by atoms with Crippen LogP contribution in [0.4, 0.5) is 0 Å². The van der Waals surface area contributed by atoms with E-state index in [-0.39, 0.29) is 24.0 Å². The van der Waals surface area contributed by atoms with Crippen molar-refractivity contribution in [1.82, 2.24) is 10.6 Å². The molecule has 142 valence electrons. The van der Waals surface area contributed by atoms with Crippen molar-refractivity contribution in [2.75, 3.05) is 20.8 Å². The molecule has 2 aromatic rings. The van der Waals surface area contributed by atoms with Crippen LogP contribution in [-0.2, 0) is 13.1 Å². The van der Waals surface area contributed by atoms with Crippen LogP contribution in [0.2, 0.25) is 0 Å². The lowest BCUT2D eigenvalue weighted by atomic mass is 10.2. The largest absolute Gasteiger partial charge is 0.493 e. The number of aliphatic imine (C=N–C) groups is 1. The zero-order chi connectivity index (χ0) is 18.1. The van der Waals surface area contributed by atoms with Crippen LogP contribution < -0.4 is 20.1 Å². The topological polar surface area (TPSA) is 54.9 Å². The molecule has 0 aromatic heterocycles. The Bertz CT molecular complexity index is 708. The fourth-order valence-corrected chi connectivity index (χ4v) is 2.54. The third-order valence-electron chi connectivity index (χ3n) is 3.59. The van der Waals surface area contributed by atoms with Crippen molar-refractivity contribution in [2.24, 2.45) is 4.99 Å². The van der Waals surface area contributed by atoms with E-state index in [4.69, 9.17) is 9.47 Å². The minimum absolute atomic E-state index is 0. The molecular weight excluding hydrogens is 509 g/mol. The zero-order valence-corrected chi connectivity index (χ0v) is 19.1. The first-order valence-corrected chi connectivity index (χ1v) is 8.93. The Balaban J connectivity index is 0.00000338. The van der Waals surface area contributed by atoms with Crippen LogP contribution in [0.25, 0.3) is 0 Å². The van der Waals surface area contributed by atoms with Gasteiger partial charge >= 0.3 is 0 Å². The van der Waals surface area contributed by atoms with E-state index in [9.17, 15) is 0 Å². The van der Waals surface area contributed by atoms with E-state index in [1.165, 1.54) is 5.56 Å². The normalized spacial score (nSPS) is 10.7. The van der Waals surface area contributed by atoms with Crippen LogP contribution in [0.5, 0.6) is 11.5 Å². The maximum absolute atomic E-state index is 5.34. The lowest BCUT2D eigenvalue weighted by Gasteiger charge is -2.12. The molecule has 2 rings (SSSR count). The summed E-state index contributed by atoms with van der Waals surface area (Å²) < 4.78 is 11.7. The summed E-state index contributed by atoms with van der Waals surface area (Å²) >= 11 is 3.45. The molecule has 0 spiro atoms. The van der Waals surface area contributed by atoms with Gasteiger partial charge in [0.2, 0.25) is 0 Å². The fraction of sp³-hybridized carbons (Fsp3) is 0.316. The highest BCUT2D eigenvalue weighted by Gasteiger charge is 2.05. The van der Waals surface area contributed by atoms with Crippen LogP contribution in [0.3, 0.4) is 0 Å². The molecule has 0 saturated carbocycles. The Hall–Kier alpha value is -1.48. The van der Waals surface area contributed by atoms with Crippen LogP contribution in [0, 0.1) is 0 Å². The van der Waals surface area contributed by atoms with Crippen molar-refractivity contribution < 1.29 is 9.47 Å². The van der Waals surface area contributed by atoms with E-state index in [0.717, 1.165) is 28.3 Å². The minimum atomic E-state index is 0. The Labute approximate surface area is 180 Å². The number of ether oxygens (including phenoxy) is 2. The van der Waals surface area contributed by atoms with Gasteiger partial charge in [-0.1, -0.05) is 34.1 Å². The molecule has 2 aromatic carbocycles. The predicted molar refractivity (Wildman–Crippen MR) is 121 cm³/mol. The first-order chi connectivity index (χ1) is 12.2. The van der Waals surface area contributed by atoms with E-state index in [2.05, 4.69) is 43.7 Å². The third-order valence-corrected chi connectivity index (χ3v) is 4.11. The molecule has 2 N–H and O–H groups in total. The summed E-state index contributed by atoms with van der Waals surface area (Å²) in [6.07, 6.45) is 0. The maximum Gasteiger partial charge on any atom is 0.191 e. The Morgan fingerprint density at radius 2 is 1.62 bits per heavy atom. The third kappa shape index (κ3) is 7.03. The predicted octanol–water partition coefficient (Wildman–Crippen LogP) is 4.34. The number of benzene rings is 2. The van der Waals surface area contributed by atoms with E-state index in [1.54, 1.807) is 14.2 Å². The first-order valence-electron chi connectivity index (χ1n) is 8.13. The van der Waals surface area contributed by atoms with Crippen molar-refractivity contribution in [3.8, 4) is 11.5 Å². The van der Waals surface area contributed by atoms with Gasteiger partial charge in [0.05, 0.1) is 20.8 Å². The van der Waals surface area contributed by atoms with E-state index < -0.39 is 0 Å². The molecule has 0 heterocycles. The molecule has 5 nitrogen and oxygen atoms in total. The zero-order valence-electron chi connectivity index (χ0n) is 15.2. The summed E-state index contributed by atoms with van der Waals surface area (Å²) in [6.45, 7) is 4.12. The second kappa shape index (κ2) is 12.0. The van der Waals surface area contributed by atoms with Crippen molar-refractivity contribution in [3.05, 3.63) is 58.1 Å². The van der Waals surface area contributed by atoms with E-state index in [1.807, 2.05) is 37.3 Å². The summed E-state index contributed by atoms with van der Waals surface area (Å²) in [5.41, 5.74) is 2.25. The molecular formula is C19H25BrIN3O2. The quantitative estimate of drug-likeness (QED) is 0.316. The van der Waals surface area contributed by atoms with Gasteiger partial charge in [-0.2, -0.15) is 0 Å².